The van der Waals surface area contributed by atoms with Gasteiger partial charge in [0.25, 0.3) is 0 Å². The van der Waals surface area contributed by atoms with E-state index in [-0.39, 0.29) is 46.6 Å². The van der Waals surface area contributed by atoms with Gasteiger partial charge in [0.15, 0.2) is 0 Å². The van der Waals surface area contributed by atoms with Crippen molar-refractivity contribution < 1.29 is 19.4 Å². The van der Waals surface area contributed by atoms with Crippen LogP contribution in [-0.2, 0) is 14.3 Å². The molecule has 1 N–H and O–H groups in total. The number of esters is 1. The molecule has 6 aliphatic rings. The van der Waals surface area contributed by atoms with Crippen LogP contribution in [0.1, 0.15) is 120 Å². The maximum Gasteiger partial charge on any atom is 0.303 e. The zero-order valence-corrected chi connectivity index (χ0v) is 25.2. The second-order valence-electron chi connectivity index (χ2n) is 16.9. The van der Waals surface area contributed by atoms with E-state index in [1.807, 2.05) is 0 Å². The summed E-state index contributed by atoms with van der Waals surface area (Å²) in [7, 11) is 0. The Morgan fingerprint density at radius 1 is 0.973 bits per heavy atom. The van der Waals surface area contributed by atoms with Crippen LogP contribution in [0.5, 0.6) is 0 Å². The Bertz CT molecular complexity index is 966. The molecule has 210 valence electrons. The third kappa shape index (κ3) is 3.24. The number of hydrogen-bond acceptors (Lipinski definition) is 4. The van der Waals surface area contributed by atoms with Gasteiger partial charge in [-0.25, -0.2) is 0 Å². The molecule has 0 aromatic rings. The second kappa shape index (κ2) is 7.77. The first kappa shape index (κ1) is 26.6. The van der Waals surface area contributed by atoms with E-state index < -0.39 is 0 Å². The number of fused-ring (bicyclic) bond motifs is 4. The van der Waals surface area contributed by atoms with Crippen LogP contribution in [0.4, 0.5) is 0 Å². The first-order chi connectivity index (χ1) is 17.0. The van der Waals surface area contributed by atoms with E-state index in [1.54, 1.807) is 0 Å². The topological polar surface area (TPSA) is 55.8 Å². The van der Waals surface area contributed by atoms with E-state index in [0.29, 0.717) is 34.0 Å². The summed E-state index contributed by atoms with van der Waals surface area (Å²) in [6.07, 6.45) is 11.0. The Balaban J connectivity index is 1.31. The molecule has 6 fully saturated rings. The highest BCUT2D eigenvalue weighted by Crippen LogP contribution is 2.89. The fourth-order valence-corrected chi connectivity index (χ4v) is 12.5. The number of hydrogen-bond donors (Lipinski definition) is 1. The van der Waals surface area contributed by atoms with E-state index in [4.69, 9.17) is 9.47 Å². The van der Waals surface area contributed by atoms with Crippen molar-refractivity contribution in [2.24, 2.45) is 56.2 Å². The molecule has 1 saturated heterocycles. The predicted molar refractivity (Wildman–Crippen MR) is 146 cm³/mol. The minimum absolute atomic E-state index is 0.0231. The van der Waals surface area contributed by atoms with Gasteiger partial charge in [-0.05, 0) is 109 Å². The van der Waals surface area contributed by atoms with Crippen LogP contribution < -0.4 is 0 Å². The van der Waals surface area contributed by atoms with Crippen molar-refractivity contribution >= 4 is 5.97 Å². The van der Waals surface area contributed by atoms with Gasteiger partial charge >= 0.3 is 5.97 Å². The van der Waals surface area contributed by atoms with Crippen molar-refractivity contribution in [3.8, 4) is 0 Å². The zero-order chi connectivity index (χ0) is 27.0. The van der Waals surface area contributed by atoms with Crippen LogP contribution >= 0.6 is 0 Å². The summed E-state index contributed by atoms with van der Waals surface area (Å²) in [6.45, 7) is 20.5. The lowest BCUT2D eigenvalue weighted by atomic mass is 9.41. The Hall–Kier alpha value is -0.610. The maximum atomic E-state index is 12.0. The molecule has 0 bridgehead atoms. The SMILES string of the molecule is CC(=O)OC(C1CC(C)C2C(CC3(C)C4CCC5C(C)(C)C(O)CCC56CC46CCC23C)O1)C(C)(C)C. The average molecular weight is 515 g/mol. The normalized spacial score (nSPS) is 54.6. The molecule has 0 radical (unpaired) electrons. The number of carbonyl (C=O) groups excluding carboxylic acids is 1. The van der Waals surface area contributed by atoms with Crippen LogP contribution in [0.3, 0.4) is 0 Å². The minimum Gasteiger partial charge on any atom is -0.459 e. The Morgan fingerprint density at radius 2 is 1.62 bits per heavy atom. The Kier molecular flexibility index (Phi) is 5.59. The predicted octanol–water partition coefficient (Wildman–Crippen LogP) is 7.17. The van der Waals surface area contributed by atoms with Crippen molar-refractivity contribution in [3.63, 3.8) is 0 Å². The molecule has 5 aliphatic carbocycles. The summed E-state index contributed by atoms with van der Waals surface area (Å²) >= 11 is 0. The molecule has 4 heteroatoms. The number of carbonyl (C=O) groups is 1. The Morgan fingerprint density at radius 3 is 2.27 bits per heavy atom. The van der Waals surface area contributed by atoms with Crippen LogP contribution in [0, 0.1) is 56.2 Å². The number of aliphatic hydroxyl groups is 1. The van der Waals surface area contributed by atoms with Crippen molar-refractivity contribution in [1.82, 2.24) is 0 Å². The molecule has 1 aliphatic heterocycles. The highest BCUT2D eigenvalue weighted by Gasteiger charge is 2.83. The molecular weight excluding hydrogens is 460 g/mol. The molecule has 12 atom stereocenters. The van der Waals surface area contributed by atoms with Gasteiger partial charge in [-0.2, -0.15) is 0 Å². The molecular formula is C33H54O4. The quantitative estimate of drug-likeness (QED) is 0.397. The average Bonchev–Trinajstić information content (AvgIpc) is 3.37. The fraction of sp³-hybridized carbons (Fsp3) is 0.970. The second-order valence-corrected chi connectivity index (χ2v) is 16.9. The molecule has 1 heterocycles. The molecule has 12 unspecified atom stereocenters. The minimum atomic E-state index is -0.207. The molecule has 0 aromatic heterocycles. The van der Waals surface area contributed by atoms with Gasteiger partial charge in [0, 0.05) is 12.3 Å². The van der Waals surface area contributed by atoms with E-state index in [1.165, 1.54) is 45.4 Å². The van der Waals surface area contributed by atoms with Crippen LogP contribution in [-0.4, -0.2) is 35.5 Å². The number of rotatable bonds is 2. The van der Waals surface area contributed by atoms with Gasteiger partial charge in [-0.15, -0.1) is 0 Å². The number of aliphatic hydroxyl groups excluding tert-OH is 1. The summed E-state index contributed by atoms with van der Waals surface area (Å²) in [4.78, 5) is 12.0. The molecule has 4 nitrogen and oxygen atoms in total. The molecule has 0 amide bonds. The van der Waals surface area contributed by atoms with Crippen LogP contribution in [0.15, 0.2) is 0 Å². The van der Waals surface area contributed by atoms with E-state index in [0.717, 1.165) is 25.2 Å². The van der Waals surface area contributed by atoms with E-state index in [9.17, 15) is 9.90 Å². The summed E-state index contributed by atoms with van der Waals surface area (Å²) in [5.41, 5.74) is 1.45. The summed E-state index contributed by atoms with van der Waals surface area (Å²) in [6, 6.07) is 0. The first-order valence-corrected chi connectivity index (χ1v) is 15.5. The Labute approximate surface area is 226 Å². The summed E-state index contributed by atoms with van der Waals surface area (Å²) in [5.74, 6) is 2.40. The first-order valence-electron chi connectivity index (χ1n) is 15.5. The van der Waals surface area contributed by atoms with E-state index >= 15 is 0 Å². The van der Waals surface area contributed by atoms with E-state index in [2.05, 4.69) is 55.4 Å². The maximum absolute atomic E-state index is 12.0. The van der Waals surface area contributed by atoms with Gasteiger partial charge in [0.05, 0.1) is 18.3 Å². The molecule has 6 rings (SSSR count). The zero-order valence-electron chi connectivity index (χ0n) is 25.2. The van der Waals surface area contributed by atoms with Crippen molar-refractivity contribution in [2.75, 3.05) is 0 Å². The van der Waals surface area contributed by atoms with Crippen molar-refractivity contribution in [1.29, 1.82) is 0 Å². The van der Waals surface area contributed by atoms with Gasteiger partial charge in [-0.1, -0.05) is 55.4 Å². The lowest BCUT2D eigenvalue weighted by molar-refractivity contribution is -0.196. The van der Waals surface area contributed by atoms with Gasteiger partial charge in [0.1, 0.15) is 6.10 Å². The van der Waals surface area contributed by atoms with Gasteiger partial charge < -0.3 is 14.6 Å². The third-order valence-corrected chi connectivity index (χ3v) is 14.2. The fourth-order valence-electron chi connectivity index (χ4n) is 12.5. The van der Waals surface area contributed by atoms with Gasteiger partial charge in [-0.3, -0.25) is 4.79 Å². The van der Waals surface area contributed by atoms with Gasteiger partial charge in [0.2, 0.25) is 0 Å². The smallest absolute Gasteiger partial charge is 0.303 e. The largest absolute Gasteiger partial charge is 0.459 e. The monoisotopic (exact) mass is 514 g/mol. The van der Waals surface area contributed by atoms with Crippen molar-refractivity contribution in [3.05, 3.63) is 0 Å². The molecule has 37 heavy (non-hydrogen) atoms. The summed E-state index contributed by atoms with van der Waals surface area (Å²) in [5, 5.41) is 10.9. The summed E-state index contributed by atoms with van der Waals surface area (Å²) < 4.78 is 13.0. The van der Waals surface area contributed by atoms with Crippen molar-refractivity contribution in [2.45, 2.75) is 145 Å². The molecule has 5 saturated carbocycles. The number of ether oxygens (including phenoxy) is 2. The molecule has 2 spiro atoms. The third-order valence-electron chi connectivity index (χ3n) is 14.2. The standard InChI is InChI=1S/C33H54O4/c1-19-16-21(27(28(3,4)5)36-20(2)34)37-22-17-31(9)24-11-10-23-29(6,7)25(35)12-13-32(23)18-33(24,32)15-14-30(31,8)26(19)22/h19,21-27,35H,10-18H2,1-9H3. The highest BCUT2D eigenvalue weighted by molar-refractivity contribution is 5.66. The molecule has 0 aromatic carbocycles. The lowest BCUT2D eigenvalue weighted by Gasteiger charge is -2.63. The van der Waals surface area contributed by atoms with Crippen LogP contribution in [0.2, 0.25) is 0 Å². The lowest BCUT2D eigenvalue weighted by Crippen LogP contribution is -2.58. The highest BCUT2D eigenvalue weighted by atomic mass is 16.6. The van der Waals surface area contributed by atoms with Crippen LogP contribution in [0.25, 0.3) is 0 Å².